The summed E-state index contributed by atoms with van der Waals surface area (Å²) in [5.74, 6) is -0.866. The summed E-state index contributed by atoms with van der Waals surface area (Å²) < 4.78 is 0. The van der Waals surface area contributed by atoms with Gasteiger partial charge in [0.25, 0.3) is 0 Å². The van der Waals surface area contributed by atoms with Gasteiger partial charge in [-0.1, -0.05) is 30.5 Å². The van der Waals surface area contributed by atoms with Gasteiger partial charge in [0.1, 0.15) is 5.54 Å². The molecule has 114 valence electrons. The summed E-state index contributed by atoms with van der Waals surface area (Å²) in [6.07, 6.45) is 2.78. The van der Waals surface area contributed by atoms with Gasteiger partial charge < -0.3 is 10.4 Å². The van der Waals surface area contributed by atoms with E-state index in [9.17, 15) is 14.7 Å². The van der Waals surface area contributed by atoms with Gasteiger partial charge >= 0.3 is 5.97 Å². The first-order valence-corrected chi connectivity index (χ1v) is 8.16. The fraction of sp³-hybridized carbons (Fsp3) is 0.500. The van der Waals surface area contributed by atoms with Crippen LogP contribution in [0.2, 0.25) is 0 Å². The number of thioether (sulfide) groups is 1. The zero-order valence-electron chi connectivity index (χ0n) is 12.4. The molecule has 0 unspecified atom stereocenters. The van der Waals surface area contributed by atoms with Gasteiger partial charge in [0, 0.05) is 4.90 Å². The Labute approximate surface area is 129 Å². The maximum atomic E-state index is 12.1. The Balaban J connectivity index is 1.96. The second-order valence-electron chi connectivity index (χ2n) is 5.70. The van der Waals surface area contributed by atoms with Crippen molar-refractivity contribution in [1.82, 2.24) is 5.32 Å². The third-order valence-corrected chi connectivity index (χ3v) is 5.10. The number of rotatable bonds is 5. The van der Waals surface area contributed by atoms with Crippen molar-refractivity contribution in [3.63, 3.8) is 0 Å². The van der Waals surface area contributed by atoms with Crippen molar-refractivity contribution in [2.24, 2.45) is 0 Å². The molecule has 0 heterocycles. The van der Waals surface area contributed by atoms with Crippen molar-refractivity contribution in [2.45, 2.75) is 50.0 Å². The normalized spacial score (nSPS) is 16.7. The fourth-order valence-electron chi connectivity index (χ4n) is 2.68. The summed E-state index contributed by atoms with van der Waals surface area (Å²) in [7, 11) is 0. The van der Waals surface area contributed by atoms with Crippen LogP contribution in [0.3, 0.4) is 0 Å². The van der Waals surface area contributed by atoms with Crippen LogP contribution in [0.4, 0.5) is 0 Å². The first kappa shape index (κ1) is 15.9. The molecule has 1 aliphatic rings. The Morgan fingerprint density at radius 2 is 1.95 bits per heavy atom. The van der Waals surface area contributed by atoms with Crippen LogP contribution in [0.15, 0.2) is 23.1 Å². The molecule has 5 heteroatoms. The van der Waals surface area contributed by atoms with Crippen molar-refractivity contribution in [3.05, 3.63) is 29.3 Å². The van der Waals surface area contributed by atoms with E-state index in [0.29, 0.717) is 12.8 Å². The predicted octanol–water partition coefficient (Wildman–Crippen LogP) is 2.91. The maximum absolute atomic E-state index is 12.1. The minimum absolute atomic E-state index is 0.204. The van der Waals surface area contributed by atoms with Crippen molar-refractivity contribution >= 4 is 23.6 Å². The van der Waals surface area contributed by atoms with Crippen molar-refractivity contribution in [2.75, 3.05) is 5.75 Å². The SMILES string of the molecule is Cc1ccc(C)c(SCC(=O)NC2(C(=O)O)CCCC2)c1. The second-order valence-corrected chi connectivity index (χ2v) is 6.72. The summed E-state index contributed by atoms with van der Waals surface area (Å²) >= 11 is 1.46. The van der Waals surface area contributed by atoms with Gasteiger partial charge in [0.05, 0.1) is 5.75 Å². The van der Waals surface area contributed by atoms with E-state index in [4.69, 9.17) is 0 Å². The number of hydrogen-bond acceptors (Lipinski definition) is 3. The quantitative estimate of drug-likeness (QED) is 0.821. The molecule has 1 aromatic rings. The average molecular weight is 307 g/mol. The third-order valence-electron chi connectivity index (χ3n) is 3.95. The lowest BCUT2D eigenvalue weighted by Gasteiger charge is -2.25. The Bertz CT molecular complexity index is 550. The zero-order chi connectivity index (χ0) is 15.5. The van der Waals surface area contributed by atoms with Crippen LogP contribution in [0.1, 0.15) is 36.8 Å². The molecule has 1 fully saturated rings. The molecule has 2 rings (SSSR count). The van der Waals surface area contributed by atoms with E-state index in [1.807, 2.05) is 26.0 Å². The number of hydrogen-bond donors (Lipinski definition) is 2. The lowest BCUT2D eigenvalue weighted by Crippen LogP contribution is -2.53. The van der Waals surface area contributed by atoms with Crippen LogP contribution in [-0.2, 0) is 9.59 Å². The smallest absolute Gasteiger partial charge is 0.329 e. The highest BCUT2D eigenvalue weighted by molar-refractivity contribution is 8.00. The number of amides is 1. The number of carbonyl (C=O) groups is 2. The molecule has 1 saturated carbocycles. The molecule has 0 atom stereocenters. The monoisotopic (exact) mass is 307 g/mol. The number of carboxylic acids is 1. The van der Waals surface area contributed by atoms with E-state index >= 15 is 0 Å². The number of carboxylic acid groups (broad SMARTS) is 1. The molecule has 1 aromatic carbocycles. The number of carbonyl (C=O) groups excluding carboxylic acids is 1. The standard InChI is InChI=1S/C16H21NO3S/c1-11-5-6-12(2)13(9-11)21-10-14(18)17-16(15(19)20)7-3-4-8-16/h5-6,9H,3-4,7-8,10H2,1-2H3,(H,17,18)(H,19,20). The highest BCUT2D eigenvalue weighted by Crippen LogP contribution is 2.30. The Hall–Kier alpha value is -1.49. The van der Waals surface area contributed by atoms with Crippen molar-refractivity contribution in [3.8, 4) is 0 Å². The largest absolute Gasteiger partial charge is 0.480 e. The molecule has 0 aromatic heterocycles. The van der Waals surface area contributed by atoms with E-state index in [0.717, 1.165) is 28.9 Å². The molecule has 4 nitrogen and oxygen atoms in total. The van der Waals surface area contributed by atoms with Crippen molar-refractivity contribution in [1.29, 1.82) is 0 Å². The molecule has 21 heavy (non-hydrogen) atoms. The second kappa shape index (κ2) is 6.52. The maximum Gasteiger partial charge on any atom is 0.329 e. The summed E-state index contributed by atoms with van der Waals surface area (Å²) in [6.45, 7) is 4.02. The minimum atomic E-state index is -1.04. The predicted molar refractivity (Wildman–Crippen MR) is 83.6 cm³/mol. The number of aryl methyl sites for hydroxylation is 2. The van der Waals surface area contributed by atoms with Crippen LogP contribution in [0.25, 0.3) is 0 Å². The van der Waals surface area contributed by atoms with Gasteiger partial charge in [-0.25, -0.2) is 4.79 Å². The summed E-state index contributed by atoms with van der Waals surface area (Å²) in [5, 5.41) is 12.1. The van der Waals surface area contributed by atoms with E-state index in [-0.39, 0.29) is 11.7 Å². The molecule has 0 spiro atoms. The molecule has 2 N–H and O–H groups in total. The lowest BCUT2D eigenvalue weighted by molar-refractivity contribution is -0.147. The molecular formula is C16H21NO3S. The average Bonchev–Trinajstić information content (AvgIpc) is 2.89. The first-order chi connectivity index (χ1) is 9.93. The number of nitrogens with one attached hydrogen (secondary N) is 1. The summed E-state index contributed by atoms with van der Waals surface area (Å²) in [5.41, 5.74) is 1.24. The molecular weight excluding hydrogens is 286 g/mol. The number of aliphatic carboxylic acids is 1. The van der Waals surface area contributed by atoms with E-state index < -0.39 is 11.5 Å². The topological polar surface area (TPSA) is 66.4 Å². The Kier molecular flexibility index (Phi) is 4.93. The molecule has 1 aliphatic carbocycles. The fourth-order valence-corrected chi connectivity index (χ4v) is 3.60. The molecule has 0 aliphatic heterocycles. The zero-order valence-corrected chi connectivity index (χ0v) is 13.3. The molecule has 1 amide bonds. The molecule has 0 bridgehead atoms. The highest BCUT2D eigenvalue weighted by atomic mass is 32.2. The van der Waals surface area contributed by atoms with E-state index in [1.54, 1.807) is 0 Å². The third kappa shape index (κ3) is 3.79. The van der Waals surface area contributed by atoms with Crippen LogP contribution in [0.5, 0.6) is 0 Å². The van der Waals surface area contributed by atoms with Gasteiger partial charge in [-0.05, 0) is 38.3 Å². The summed E-state index contributed by atoms with van der Waals surface area (Å²) in [4.78, 5) is 24.6. The molecule has 0 radical (unpaired) electrons. The first-order valence-electron chi connectivity index (χ1n) is 7.17. The van der Waals surface area contributed by atoms with Crippen LogP contribution >= 0.6 is 11.8 Å². The van der Waals surface area contributed by atoms with Crippen molar-refractivity contribution < 1.29 is 14.7 Å². The van der Waals surface area contributed by atoms with Gasteiger partial charge in [-0.15, -0.1) is 11.8 Å². The minimum Gasteiger partial charge on any atom is -0.480 e. The molecule has 0 saturated heterocycles. The van der Waals surface area contributed by atoms with Gasteiger partial charge in [-0.3, -0.25) is 4.79 Å². The van der Waals surface area contributed by atoms with Gasteiger partial charge in [-0.2, -0.15) is 0 Å². The Morgan fingerprint density at radius 3 is 2.57 bits per heavy atom. The lowest BCUT2D eigenvalue weighted by atomic mass is 9.98. The van der Waals surface area contributed by atoms with Gasteiger partial charge in [0.15, 0.2) is 0 Å². The number of benzene rings is 1. The van der Waals surface area contributed by atoms with Crippen LogP contribution < -0.4 is 5.32 Å². The summed E-state index contributed by atoms with van der Waals surface area (Å²) in [6, 6.07) is 6.12. The van der Waals surface area contributed by atoms with Crippen LogP contribution in [0, 0.1) is 13.8 Å². The van der Waals surface area contributed by atoms with E-state index in [1.165, 1.54) is 11.8 Å². The van der Waals surface area contributed by atoms with Crippen LogP contribution in [-0.4, -0.2) is 28.3 Å². The van der Waals surface area contributed by atoms with Gasteiger partial charge in [0.2, 0.25) is 5.91 Å². The van der Waals surface area contributed by atoms with E-state index in [2.05, 4.69) is 11.4 Å². The Morgan fingerprint density at radius 1 is 1.29 bits per heavy atom. The highest BCUT2D eigenvalue weighted by Gasteiger charge is 2.42.